The van der Waals surface area contributed by atoms with Crippen LogP contribution in [0.1, 0.15) is 29.2 Å². The Hall–Kier alpha value is -2.27. The minimum absolute atomic E-state index is 0.172. The average Bonchev–Trinajstić information content (AvgIpc) is 2.57. The first-order valence-corrected chi connectivity index (χ1v) is 9.53. The quantitative estimate of drug-likeness (QED) is 0.596. The molecule has 0 aliphatic heterocycles. The number of benzene rings is 2. The van der Waals surface area contributed by atoms with Gasteiger partial charge in [-0.05, 0) is 57.4 Å². The van der Waals surface area contributed by atoms with E-state index in [0.717, 1.165) is 27.3 Å². The van der Waals surface area contributed by atoms with Gasteiger partial charge in [0.25, 0.3) is 5.91 Å². The van der Waals surface area contributed by atoms with E-state index in [2.05, 4.69) is 11.4 Å². The molecule has 1 N–H and O–H groups in total. The molecular weight excluding hydrogens is 346 g/mol. The number of hydrogen-bond acceptors (Lipinski definition) is 4. The third-order valence-corrected chi connectivity index (χ3v) is 5.23. The lowest BCUT2D eigenvalue weighted by Gasteiger charge is -2.16. The zero-order valence-corrected chi connectivity index (χ0v) is 16.7. The number of carbonyl (C=O) groups excluding carboxylic acids is 2. The topological polar surface area (TPSA) is 55.4 Å². The molecule has 4 nitrogen and oxygen atoms in total. The summed E-state index contributed by atoms with van der Waals surface area (Å²) < 4.78 is 5.28. The van der Waals surface area contributed by atoms with Crippen LogP contribution in [-0.4, -0.2) is 23.7 Å². The summed E-state index contributed by atoms with van der Waals surface area (Å²) in [5.41, 5.74) is 5.03. The maximum absolute atomic E-state index is 12.3. The number of thioether (sulfide) groups is 1. The van der Waals surface area contributed by atoms with Crippen LogP contribution in [0.4, 0.5) is 5.69 Å². The molecule has 5 heteroatoms. The molecule has 0 aromatic heterocycles. The van der Waals surface area contributed by atoms with E-state index < -0.39 is 12.1 Å². The zero-order chi connectivity index (χ0) is 19.3. The summed E-state index contributed by atoms with van der Waals surface area (Å²) >= 11 is 1.42. The van der Waals surface area contributed by atoms with Crippen molar-refractivity contribution in [1.82, 2.24) is 0 Å². The van der Waals surface area contributed by atoms with E-state index in [9.17, 15) is 9.59 Å². The van der Waals surface area contributed by atoms with Crippen LogP contribution in [0.2, 0.25) is 0 Å². The van der Waals surface area contributed by atoms with Gasteiger partial charge in [-0.25, -0.2) is 0 Å². The number of rotatable bonds is 6. The third kappa shape index (κ3) is 5.36. The van der Waals surface area contributed by atoms with Crippen molar-refractivity contribution in [3.63, 3.8) is 0 Å². The van der Waals surface area contributed by atoms with Crippen molar-refractivity contribution in [2.24, 2.45) is 0 Å². The second-order valence-electron chi connectivity index (χ2n) is 6.45. The Labute approximate surface area is 159 Å². The Balaban J connectivity index is 1.89. The lowest BCUT2D eigenvalue weighted by Crippen LogP contribution is -2.31. The molecule has 0 saturated carbocycles. The molecular formula is C21H25NO3S. The standard InChI is InChI=1S/C21H25NO3S/c1-13-9-10-18(16(4)11-13)26-12-19(23)25-17(5)21(24)22-20-14(2)7-6-8-15(20)3/h6-11,17H,12H2,1-5H3,(H,22,24)/t17-/m1/s1. The molecule has 0 aliphatic carbocycles. The summed E-state index contributed by atoms with van der Waals surface area (Å²) in [6.07, 6.45) is -0.846. The lowest BCUT2D eigenvalue weighted by molar-refractivity contribution is -0.150. The molecule has 0 fully saturated rings. The molecule has 138 valence electrons. The van der Waals surface area contributed by atoms with Gasteiger partial charge in [0.1, 0.15) is 0 Å². The highest BCUT2D eigenvalue weighted by molar-refractivity contribution is 8.00. The van der Waals surface area contributed by atoms with Gasteiger partial charge in [-0.3, -0.25) is 9.59 Å². The molecule has 0 radical (unpaired) electrons. The summed E-state index contributed by atoms with van der Waals surface area (Å²) in [5.74, 6) is -0.559. The van der Waals surface area contributed by atoms with Gasteiger partial charge in [-0.2, -0.15) is 0 Å². The Bertz CT molecular complexity index is 797. The molecule has 2 aromatic carbocycles. The number of amides is 1. The molecule has 0 spiro atoms. The molecule has 2 aromatic rings. The van der Waals surface area contributed by atoms with E-state index in [1.54, 1.807) is 6.92 Å². The lowest BCUT2D eigenvalue weighted by atomic mass is 10.1. The molecule has 1 amide bonds. The highest BCUT2D eigenvalue weighted by atomic mass is 32.2. The maximum Gasteiger partial charge on any atom is 0.317 e. The number of carbonyl (C=O) groups is 2. The molecule has 1 atom stereocenters. The first-order chi connectivity index (χ1) is 12.3. The number of nitrogens with one attached hydrogen (secondary N) is 1. The van der Waals surface area contributed by atoms with Gasteiger partial charge in [0.2, 0.25) is 0 Å². The highest BCUT2D eigenvalue weighted by Gasteiger charge is 2.19. The van der Waals surface area contributed by atoms with Crippen molar-refractivity contribution in [2.45, 2.75) is 45.6 Å². The van der Waals surface area contributed by atoms with Crippen molar-refractivity contribution in [1.29, 1.82) is 0 Å². The number of para-hydroxylation sites is 1. The Morgan fingerprint density at radius 1 is 1.04 bits per heavy atom. The van der Waals surface area contributed by atoms with E-state index in [1.165, 1.54) is 17.3 Å². The second kappa shape index (κ2) is 8.90. The van der Waals surface area contributed by atoms with Crippen LogP contribution in [0.3, 0.4) is 0 Å². The fourth-order valence-electron chi connectivity index (χ4n) is 2.62. The van der Waals surface area contributed by atoms with Crippen LogP contribution in [0, 0.1) is 27.7 Å². The van der Waals surface area contributed by atoms with Gasteiger partial charge >= 0.3 is 5.97 Å². The van der Waals surface area contributed by atoms with Gasteiger partial charge < -0.3 is 10.1 Å². The third-order valence-electron chi connectivity index (χ3n) is 4.08. The minimum atomic E-state index is -0.846. The number of anilines is 1. The molecule has 26 heavy (non-hydrogen) atoms. The summed E-state index contributed by atoms with van der Waals surface area (Å²) in [6.45, 7) is 9.50. The number of ether oxygens (including phenoxy) is 1. The molecule has 0 unspecified atom stereocenters. The molecule has 0 bridgehead atoms. The minimum Gasteiger partial charge on any atom is -0.452 e. The van der Waals surface area contributed by atoms with Crippen LogP contribution in [0.5, 0.6) is 0 Å². The average molecular weight is 372 g/mol. The van der Waals surface area contributed by atoms with Crippen LogP contribution in [0.15, 0.2) is 41.3 Å². The molecule has 0 saturated heterocycles. The van der Waals surface area contributed by atoms with E-state index in [4.69, 9.17) is 4.74 Å². The van der Waals surface area contributed by atoms with Crippen molar-refractivity contribution >= 4 is 29.3 Å². The van der Waals surface area contributed by atoms with Crippen molar-refractivity contribution in [2.75, 3.05) is 11.1 Å². The van der Waals surface area contributed by atoms with Gasteiger partial charge in [0.05, 0.1) is 5.75 Å². The smallest absolute Gasteiger partial charge is 0.317 e. The normalized spacial score (nSPS) is 11.7. The SMILES string of the molecule is Cc1ccc(SCC(=O)O[C@H](C)C(=O)Nc2c(C)cccc2C)c(C)c1. The van der Waals surface area contributed by atoms with E-state index in [-0.39, 0.29) is 11.7 Å². The van der Waals surface area contributed by atoms with E-state index >= 15 is 0 Å². The zero-order valence-electron chi connectivity index (χ0n) is 15.9. The Kier molecular flexibility index (Phi) is 6.86. The largest absolute Gasteiger partial charge is 0.452 e. The molecule has 2 rings (SSSR count). The number of hydrogen-bond donors (Lipinski definition) is 1. The Morgan fingerprint density at radius 3 is 2.31 bits per heavy atom. The van der Waals surface area contributed by atoms with Crippen molar-refractivity contribution < 1.29 is 14.3 Å². The van der Waals surface area contributed by atoms with Crippen LogP contribution < -0.4 is 5.32 Å². The van der Waals surface area contributed by atoms with Crippen LogP contribution >= 0.6 is 11.8 Å². The summed E-state index contributed by atoms with van der Waals surface area (Å²) in [4.78, 5) is 25.4. The van der Waals surface area contributed by atoms with Gasteiger partial charge in [0, 0.05) is 10.6 Å². The van der Waals surface area contributed by atoms with Gasteiger partial charge in [0.15, 0.2) is 6.10 Å². The maximum atomic E-state index is 12.3. The predicted molar refractivity (Wildman–Crippen MR) is 107 cm³/mol. The predicted octanol–water partition coefficient (Wildman–Crippen LogP) is 4.58. The first-order valence-electron chi connectivity index (χ1n) is 8.54. The summed E-state index contributed by atoms with van der Waals surface area (Å²) in [7, 11) is 0. The van der Waals surface area contributed by atoms with Crippen molar-refractivity contribution in [3.05, 3.63) is 58.7 Å². The van der Waals surface area contributed by atoms with E-state index in [1.807, 2.05) is 58.0 Å². The van der Waals surface area contributed by atoms with Gasteiger partial charge in [-0.15, -0.1) is 11.8 Å². The monoisotopic (exact) mass is 371 g/mol. The highest BCUT2D eigenvalue weighted by Crippen LogP contribution is 2.23. The van der Waals surface area contributed by atoms with Gasteiger partial charge in [-0.1, -0.05) is 35.9 Å². The fraction of sp³-hybridized carbons (Fsp3) is 0.333. The summed E-state index contributed by atoms with van der Waals surface area (Å²) in [6, 6.07) is 11.9. The molecule has 0 aliphatic rings. The van der Waals surface area contributed by atoms with Crippen molar-refractivity contribution in [3.8, 4) is 0 Å². The second-order valence-corrected chi connectivity index (χ2v) is 7.46. The van der Waals surface area contributed by atoms with Crippen LogP contribution in [0.25, 0.3) is 0 Å². The summed E-state index contributed by atoms with van der Waals surface area (Å²) in [5, 5.41) is 2.85. The molecule has 0 heterocycles. The first kappa shape index (κ1) is 20.0. The van der Waals surface area contributed by atoms with E-state index in [0.29, 0.717) is 0 Å². The number of aryl methyl sites for hydroxylation is 4. The Morgan fingerprint density at radius 2 is 1.69 bits per heavy atom. The van der Waals surface area contributed by atoms with Crippen LogP contribution in [-0.2, 0) is 14.3 Å². The number of esters is 1. The fourth-order valence-corrected chi connectivity index (χ4v) is 3.41.